The first-order valence-corrected chi connectivity index (χ1v) is 5.66. The fourth-order valence-electron chi connectivity index (χ4n) is 2.91. The molecule has 2 bridgehead atoms. The molecular formula is C11H20N2O2. The number of rotatable bonds is 1. The van der Waals surface area contributed by atoms with Crippen LogP contribution in [-0.2, 0) is 4.79 Å². The normalized spacial score (nSPS) is 36.9. The van der Waals surface area contributed by atoms with Gasteiger partial charge in [0.2, 0.25) is 0 Å². The van der Waals surface area contributed by atoms with Crippen LogP contribution >= 0.6 is 0 Å². The van der Waals surface area contributed by atoms with Crippen molar-refractivity contribution in [1.29, 1.82) is 0 Å². The molecule has 2 rings (SSSR count). The maximum absolute atomic E-state index is 11.3. The van der Waals surface area contributed by atoms with E-state index in [1.54, 1.807) is 0 Å². The van der Waals surface area contributed by atoms with Crippen LogP contribution in [0.25, 0.3) is 0 Å². The Balaban J connectivity index is 2.25. The van der Waals surface area contributed by atoms with Crippen molar-refractivity contribution in [2.45, 2.75) is 45.2 Å². The van der Waals surface area contributed by atoms with Gasteiger partial charge in [0.25, 0.3) is 0 Å². The van der Waals surface area contributed by atoms with Crippen LogP contribution in [0.3, 0.4) is 0 Å². The first-order chi connectivity index (χ1) is 6.89. The zero-order valence-corrected chi connectivity index (χ0v) is 9.73. The van der Waals surface area contributed by atoms with Crippen molar-refractivity contribution in [3.8, 4) is 0 Å². The smallest absolute Gasteiger partial charge is 0.322 e. The predicted molar refractivity (Wildman–Crippen MR) is 57.3 cm³/mol. The van der Waals surface area contributed by atoms with Crippen LogP contribution in [0.5, 0.6) is 0 Å². The summed E-state index contributed by atoms with van der Waals surface area (Å²) in [4.78, 5) is 11.3. The van der Waals surface area contributed by atoms with E-state index in [0.717, 1.165) is 25.9 Å². The van der Waals surface area contributed by atoms with Gasteiger partial charge in [-0.3, -0.25) is 4.79 Å². The molecule has 2 heterocycles. The van der Waals surface area contributed by atoms with Crippen molar-refractivity contribution in [2.24, 2.45) is 5.92 Å². The van der Waals surface area contributed by atoms with Crippen LogP contribution in [0.1, 0.15) is 33.6 Å². The summed E-state index contributed by atoms with van der Waals surface area (Å²) in [6.07, 6.45) is 1.96. The first kappa shape index (κ1) is 10.9. The number of hydrazine groups is 1. The van der Waals surface area contributed by atoms with Crippen LogP contribution in [0, 0.1) is 5.92 Å². The number of fused-ring (bicyclic) bond motifs is 2. The number of aliphatic carboxylic acids is 1. The molecule has 0 aromatic rings. The van der Waals surface area contributed by atoms with E-state index in [4.69, 9.17) is 0 Å². The Bertz CT molecular complexity index is 272. The van der Waals surface area contributed by atoms with E-state index < -0.39 is 5.97 Å². The number of hydrogen-bond acceptors (Lipinski definition) is 3. The number of carboxylic acid groups (broad SMARTS) is 1. The van der Waals surface area contributed by atoms with E-state index in [9.17, 15) is 9.90 Å². The van der Waals surface area contributed by atoms with Gasteiger partial charge in [0.1, 0.15) is 6.04 Å². The minimum Gasteiger partial charge on any atom is -0.480 e. The van der Waals surface area contributed by atoms with Crippen molar-refractivity contribution in [3.63, 3.8) is 0 Å². The lowest BCUT2D eigenvalue weighted by Crippen LogP contribution is -2.61. The highest BCUT2D eigenvalue weighted by atomic mass is 16.4. The minimum atomic E-state index is -0.679. The van der Waals surface area contributed by atoms with Gasteiger partial charge in [-0.1, -0.05) is 0 Å². The minimum absolute atomic E-state index is 0.0988. The van der Waals surface area contributed by atoms with E-state index in [1.165, 1.54) is 0 Å². The summed E-state index contributed by atoms with van der Waals surface area (Å²) < 4.78 is 0. The second-order valence-electron chi connectivity index (χ2n) is 5.67. The van der Waals surface area contributed by atoms with Gasteiger partial charge < -0.3 is 5.11 Å². The second-order valence-corrected chi connectivity index (χ2v) is 5.67. The molecule has 2 aliphatic heterocycles. The van der Waals surface area contributed by atoms with Crippen LogP contribution in [0.2, 0.25) is 0 Å². The van der Waals surface area contributed by atoms with E-state index in [1.807, 2.05) is 0 Å². The Morgan fingerprint density at radius 3 is 2.60 bits per heavy atom. The van der Waals surface area contributed by atoms with Crippen molar-refractivity contribution >= 4 is 5.97 Å². The van der Waals surface area contributed by atoms with Crippen molar-refractivity contribution in [2.75, 3.05) is 13.1 Å². The van der Waals surface area contributed by atoms with Crippen molar-refractivity contribution < 1.29 is 9.90 Å². The van der Waals surface area contributed by atoms with Gasteiger partial charge in [-0.15, -0.1) is 0 Å². The van der Waals surface area contributed by atoms with Crippen LogP contribution < -0.4 is 0 Å². The number of carbonyl (C=O) groups is 1. The topological polar surface area (TPSA) is 43.8 Å². The van der Waals surface area contributed by atoms with E-state index in [2.05, 4.69) is 30.8 Å². The van der Waals surface area contributed by atoms with Gasteiger partial charge in [-0.05, 0) is 39.5 Å². The lowest BCUT2D eigenvalue weighted by Gasteiger charge is -2.48. The third kappa shape index (κ3) is 1.88. The Morgan fingerprint density at radius 2 is 2.07 bits per heavy atom. The van der Waals surface area contributed by atoms with Crippen LogP contribution in [0.15, 0.2) is 0 Å². The van der Waals surface area contributed by atoms with Crippen molar-refractivity contribution in [1.82, 2.24) is 10.0 Å². The van der Waals surface area contributed by atoms with Gasteiger partial charge in [0, 0.05) is 18.6 Å². The predicted octanol–water partition coefficient (Wildman–Crippen LogP) is 1.18. The lowest BCUT2D eigenvalue weighted by atomic mass is 9.94. The molecule has 0 radical (unpaired) electrons. The van der Waals surface area contributed by atoms with Gasteiger partial charge in [0.05, 0.1) is 0 Å². The molecule has 2 saturated heterocycles. The Morgan fingerprint density at radius 1 is 1.40 bits per heavy atom. The zero-order valence-electron chi connectivity index (χ0n) is 9.73. The van der Waals surface area contributed by atoms with Crippen LogP contribution in [0.4, 0.5) is 0 Å². The Kier molecular flexibility index (Phi) is 2.51. The number of nitrogens with zero attached hydrogens (tertiary/aromatic N) is 2. The van der Waals surface area contributed by atoms with Gasteiger partial charge in [-0.25, -0.2) is 10.0 Å². The maximum atomic E-state index is 11.3. The van der Waals surface area contributed by atoms with E-state index >= 15 is 0 Å². The summed E-state index contributed by atoms with van der Waals surface area (Å²) in [6, 6.07) is -0.328. The average Bonchev–Trinajstić information content (AvgIpc) is 2.44. The molecule has 0 aliphatic carbocycles. The molecule has 0 aromatic carbocycles. The van der Waals surface area contributed by atoms with Gasteiger partial charge in [0.15, 0.2) is 0 Å². The molecule has 2 aliphatic rings. The Labute approximate surface area is 90.8 Å². The first-order valence-electron chi connectivity index (χ1n) is 5.66. The quantitative estimate of drug-likeness (QED) is 0.709. The standard InChI is InChI=1S/C11H20N2O2/c1-11(2,3)13-9(10(14)15)6-8-4-5-12(13)7-8/h8-9H,4-7H2,1-3H3,(H,14,15)/t8-,9+/m1/s1. The Hall–Kier alpha value is -0.610. The summed E-state index contributed by atoms with van der Waals surface area (Å²) in [5.41, 5.74) is -0.0988. The largest absolute Gasteiger partial charge is 0.480 e. The molecule has 0 spiro atoms. The summed E-state index contributed by atoms with van der Waals surface area (Å²) in [5.74, 6) is -0.0915. The van der Waals surface area contributed by atoms with Gasteiger partial charge >= 0.3 is 5.97 Å². The molecule has 1 unspecified atom stereocenters. The van der Waals surface area contributed by atoms with Crippen LogP contribution in [-0.4, -0.2) is 45.8 Å². The number of carboxylic acids is 1. The summed E-state index contributed by atoms with van der Waals surface area (Å²) >= 11 is 0. The highest BCUT2D eigenvalue weighted by molar-refractivity contribution is 5.73. The SMILES string of the molecule is CC(C)(C)N1[C@H](C(=O)O)C[C@H]2CCN1C2. The lowest BCUT2D eigenvalue weighted by molar-refractivity contribution is -0.172. The molecular weight excluding hydrogens is 192 g/mol. The van der Waals surface area contributed by atoms with E-state index in [-0.39, 0.29) is 11.6 Å². The third-order valence-corrected chi connectivity index (χ3v) is 3.39. The molecule has 0 amide bonds. The summed E-state index contributed by atoms with van der Waals surface area (Å²) in [6.45, 7) is 8.32. The molecule has 4 heteroatoms. The number of hydrogen-bond donors (Lipinski definition) is 1. The second kappa shape index (κ2) is 3.46. The highest BCUT2D eigenvalue weighted by Gasteiger charge is 2.46. The van der Waals surface area contributed by atoms with Crippen molar-refractivity contribution in [3.05, 3.63) is 0 Å². The molecule has 2 fully saturated rings. The summed E-state index contributed by atoms with van der Waals surface area (Å²) in [7, 11) is 0. The van der Waals surface area contributed by atoms with E-state index in [0.29, 0.717) is 5.92 Å². The third-order valence-electron chi connectivity index (χ3n) is 3.39. The molecule has 3 atom stereocenters. The fourth-order valence-corrected chi connectivity index (χ4v) is 2.91. The molecule has 86 valence electrons. The van der Waals surface area contributed by atoms with Gasteiger partial charge in [-0.2, -0.15) is 0 Å². The monoisotopic (exact) mass is 212 g/mol. The average molecular weight is 212 g/mol. The highest BCUT2D eigenvalue weighted by Crippen LogP contribution is 2.35. The molecule has 4 nitrogen and oxygen atoms in total. The maximum Gasteiger partial charge on any atom is 0.322 e. The zero-order chi connectivity index (χ0) is 11.2. The molecule has 1 N–H and O–H groups in total. The molecule has 0 aromatic heterocycles. The fraction of sp³-hybridized carbons (Fsp3) is 0.909. The molecule has 15 heavy (non-hydrogen) atoms. The molecule has 0 saturated carbocycles. The summed E-state index contributed by atoms with van der Waals surface area (Å²) in [5, 5.41) is 13.6.